The second-order valence-electron chi connectivity index (χ2n) is 3.95. The number of nitrogens with two attached hydrogens (primary N) is 1. The van der Waals surface area contributed by atoms with E-state index < -0.39 is 16.1 Å². The van der Waals surface area contributed by atoms with Crippen LogP contribution in [0.3, 0.4) is 0 Å². The average molecular weight is 258 g/mol. The summed E-state index contributed by atoms with van der Waals surface area (Å²) in [6.45, 7) is 3.39. The van der Waals surface area contributed by atoms with Gasteiger partial charge >= 0.3 is 0 Å². The molecule has 0 amide bonds. The molecule has 1 aromatic carbocycles. The van der Waals surface area contributed by atoms with Crippen molar-refractivity contribution in [3.63, 3.8) is 0 Å². The van der Waals surface area contributed by atoms with E-state index in [4.69, 9.17) is 10.8 Å². The molecule has 0 aliphatic rings. The fourth-order valence-corrected chi connectivity index (χ4v) is 2.87. The van der Waals surface area contributed by atoms with Gasteiger partial charge in [-0.05, 0) is 31.0 Å². The smallest absolute Gasteiger partial charge is 0.242 e. The minimum Gasteiger partial charge on any atom is -0.398 e. The summed E-state index contributed by atoms with van der Waals surface area (Å²) in [6, 6.07) is 4.27. The molecular weight excluding hydrogens is 240 g/mol. The van der Waals surface area contributed by atoms with E-state index in [2.05, 4.69) is 4.72 Å². The lowest BCUT2D eigenvalue weighted by molar-refractivity contribution is 0.254. The van der Waals surface area contributed by atoms with Crippen molar-refractivity contribution in [2.45, 2.75) is 31.2 Å². The first kappa shape index (κ1) is 14.0. The summed E-state index contributed by atoms with van der Waals surface area (Å²) in [4.78, 5) is 0.0509. The summed E-state index contributed by atoms with van der Waals surface area (Å²) in [6.07, 6.45) is 0.515. The summed E-state index contributed by atoms with van der Waals surface area (Å²) >= 11 is 0. The van der Waals surface area contributed by atoms with Gasteiger partial charge in [0.2, 0.25) is 10.0 Å². The molecule has 0 radical (unpaired) electrons. The summed E-state index contributed by atoms with van der Waals surface area (Å²) in [5, 5.41) is 8.99. The first-order chi connectivity index (χ1) is 7.90. The van der Waals surface area contributed by atoms with E-state index in [1.54, 1.807) is 19.1 Å². The van der Waals surface area contributed by atoms with Gasteiger partial charge in [-0.2, -0.15) is 0 Å². The van der Waals surface area contributed by atoms with Gasteiger partial charge in [-0.25, -0.2) is 13.1 Å². The Kier molecular flexibility index (Phi) is 4.50. The largest absolute Gasteiger partial charge is 0.398 e. The third-order valence-electron chi connectivity index (χ3n) is 2.49. The third kappa shape index (κ3) is 3.42. The topological polar surface area (TPSA) is 92.4 Å². The standard InChI is InChI=1S/C11H18N2O3S/c1-3-9(7-14)13-17(15,16)11-5-4-8(2)6-10(11)12/h4-6,9,13-14H,3,7,12H2,1-2H3/t9-/m0/s1. The molecule has 1 aromatic rings. The number of aryl methyl sites for hydroxylation is 1. The van der Waals surface area contributed by atoms with Crippen LogP contribution in [0.15, 0.2) is 23.1 Å². The lowest BCUT2D eigenvalue weighted by Crippen LogP contribution is -2.37. The van der Waals surface area contributed by atoms with Crippen LogP contribution in [-0.4, -0.2) is 26.2 Å². The lowest BCUT2D eigenvalue weighted by atomic mass is 10.2. The van der Waals surface area contributed by atoms with E-state index in [0.717, 1.165) is 5.56 Å². The number of hydrogen-bond donors (Lipinski definition) is 3. The molecule has 0 saturated carbocycles. The van der Waals surface area contributed by atoms with Crippen molar-refractivity contribution in [2.24, 2.45) is 0 Å². The van der Waals surface area contributed by atoms with Gasteiger partial charge in [0.05, 0.1) is 12.3 Å². The first-order valence-corrected chi connectivity index (χ1v) is 6.88. The van der Waals surface area contributed by atoms with Crippen LogP contribution in [0, 0.1) is 6.92 Å². The Morgan fingerprint density at radius 1 is 1.47 bits per heavy atom. The van der Waals surface area contributed by atoms with E-state index in [0.29, 0.717) is 6.42 Å². The lowest BCUT2D eigenvalue weighted by Gasteiger charge is -2.15. The highest BCUT2D eigenvalue weighted by Gasteiger charge is 2.20. The zero-order valence-corrected chi connectivity index (χ0v) is 10.8. The molecule has 1 atom stereocenters. The molecule has 0 unspecified atom stereocenters. The minimum atomic E-state index is -3.67. The molecule has 0 aromatic heterocycles. The minimum absolute atomic E-state index is 0.0509. The average Bonchev–Trinajstić information content (AvgIpc) is 2.25. The zero-order chi connectivity index (χ0) is 13.1. The van der Waals surface area contributed by atoms with Crippen molar-refractivity contribution in [1.29, 1.82) is 0 Å². The van der Waals surface area contributed by atoms with Crippen molar-refractivity contribution < 1.29 is 13.5 Å². The molecule has 0 aliphatic heterocycles. The molecule has 0 bridgehead atoms. The number of aliphatic hydroxyl groups excluding tert-OH is 1. The number of hydrogen-bond acceptors (Lipinski definition) is 4. The molecule has 0 spiro atoms. The SMILES string of the molecule is CC[C@@H](CO)NS(=O)(=O)c1ccc(C)cc1N. The molecule has 17 heavy (non-hydrogen) atoms. The van der Waals surface area contributed by atoms with Crippen LogP contribution in [0.4, 0.5) is 5.69 Å². The highest BCUT2D eigenvalue weighted by Crippen LogP contribution is 2.19. The molecule has 0 heterocycles. The molecule has 96 valence electrons. The maximum Gasteiger partial charge on any atom is 0.242 e. The van der Waals surface area contributed by atoms with Gasteiger partial charge in [-0.15, -0.1) is 0 Å². The van der Waals surface area contributed by atoms with E-state index in [-0.39, 0.29) is 17.2 Å². The van der Waals surface area contributed by atoms with Crippen molar-refractivity contribution in [1.82, 2.24) is 4.72 Å². The Bertz CT molecular complexity index is 481. The van der Waals surface area contributed by atoms with Gasteiger partial charge in [-0.3, -0.25) is 0 Å². The Morgan fingerprint density at radius 2 is 2.12 bits per heavy atom. The van der Waals surface area contributed by atoms with Gasteiger partial charge in [0.1, 0.15) is 4.90 Å². The van der Waals surface area contributed by atoms with Crippen molar-refractivity contribution in [2.75, 3.05) is 12.3 Å². The Hall–Kier alpha value is -1.11. The van der Waals surface area contributed by atoms with Gasteiger partial charge in [-0.1, -0.05) is 13.0 Å². The third-order valence-corrected chi connectivity index (χ3v) is 4.08. The summed E-state index contributed by atoms with van der Waals surface area (Å²) < 4.78 is 26.4. The van der Waals surface area contributed by atoms with Crippen molar-refractivity contribution in [3.05, 3.63) is 23.8 Å². The number of anilines is 1. The zero-order valence-electron chi connectivity index (χ0n) is 9.97. The fraction of sp³-hybridized carbons (Fsp3) is 0.455. The van der Waals surface area contributed by atoms with Crippen LogP contribution in [0.2, 0.25) is 0 Å². The van der Waals surface area contributed by atoms with Crippen LogP contribution in [0.1, 0.15) is 18.9 Å². The molecule has 4 N–H and O–H groups in total. The maximum atomic E-state index is 12.0. The van der Waals surface area contributed by atoms with Gasteiger partial charge < -0.3 is 10.8 Å². The Balaban J connectivity index is 3.05. The van der Waals surface area contributed by atoms with E-state index in [9.17, 15) is 8.42 Å². The molecular formula is C11H18N2O3S. The summed E-state index contributed by atoms with van der Waals surface area (Å²) in [5.41, 5.74) is 6.80. The summed E-state index contributed by atoms with van der Waals surface area (Å²) in [7, 11) is -3.67. The number of rotatable bonds is 5. The fourth-order valence-electron chi connectivity index (χ4n) is 1.45. The monoisotopic (exact) mass is 258 g/mol. The predicted octanol–water partition coefficient (Wildman–Crippen LogP) is 0.626. The number of sulfonamides is 1. The number of benzene rings is 1. The molecule has 0 saturated heterocycles. The van der Waals surface area contributed by atoms with E-state index in [1.165, 1.54) is 6.07 Å². The van der Waals surface area contributed by atoms with Gasteiger partial charge in [0.25, 0.3) is 0 Å². The molecule has 5 nitrogen and oxygen atoms in total. The second kappa shape index (κ2) is 5.48. The summed E-state index contributed by atoms with van der Waals surface area (Å²) in [5.74, 6) is 0. The molecule has 0 fully saturated rings. The van der Waals surface area contributed by atoms with Crippen LogP contribution >= 0.6 is 0 Å². The van der Waals surface area contributed by atoms with Crippen LogP contribution in [-0.2, 0) is 10.0 Å². The van der Waals surface area contributed by atoms with Crippen molar-refractivity contribution >= 4 is 15.7 Å². The Morgan fingerprint density at radius 3 is 2.59 bits per heavy atom. The van der Waals surface area contributed by atoms with E-state index in [1.807, 2.05) is 6.92 Å². The number of aliphatic hydroxyl groups is 1. The number of nitrogens with one attached hydrogen (secondary N) is 1. The maximum absolute atomic E-state index is 12.0. The van der Waals surface area contributed by atoms with Gasteiger partial charge in [0, 0.05) is 6.04 Å². The van der Waals surface area contributed by atoms with Crippen LogP contribution in [0.5, 0.6) is 0 Å². The Labute approximate surface area is 102 Å². The normalized spacial score (nSPS) is 13.6. The molecule has 6 heteroatoms. The molecule has 0 aliphatic carbocycles. The first-order valence-electron chi connectivity index (χ1n) is 5.40. The van der Waals surface area contributed by atoms with Crippen molar-refractivity contribution in [3.8, 4) is 0 Å². The molecule has 1 rings (SSSR count). The second-order valence-corrected chi connectivity index (χ2v) is 5.63. The number of nitrogen functional groups attached to an aromatic ring is 1. The van der Waals surface area contributed by atoms with E-state index >= 15 is 0 Å². The highest BCUT2D eigenvalue weighted by molar-refractivity contribution is 7.89. The van der Waals surface area contributed by atoms with Gasteiger partial charge in [0.15, 0.2) is 0 Å². The van der Waals surface area contributed by atoms with Crippen LogP contribution < -0.4 is 10.5 Å². The predicted molar refractivity (Wildman–Crippen MR) is 67.1 cm³/mol. The highest BCUT2D eigenvalue weighted by atomic mass is 32.2. The quantitative estimate of drug-likeness (QED) is 0.675. The van der Waals surface area contributed by atoms with Crippen LogP contribution in [0.25, 0.3) is 0 Å².